The Hall–Kier alpha value is -1.92. The second-order valence-corrected chi connectivity index (χ2v) is 13.6. The van der Waals surface area contributed by atoms with E-state index < -0.39 is 14.0 Å². The zero-order chi connectivity index (χ0) is 19.5. The van der Waals surface area contributed by atoms with Gasteiger partial charge in [-0.2, -0.15) is 0 Å². The Kier molecular flexibility index (Phi) is 6.42. The Morgan fingerprint density at radius 3 is 2.38 bits per heavy atom. The minimum absolute atomic E-state index is 0.0672. The molecule has 0 unspecified atom stereocenters. The van der Waals surface area contributed by atoms with Gasteiger partial charge in [0.1, 0.15) is 12.4 Å². The van der Waals surface area contributed by atoms with Crippen molar-refractivity contribution in [2.45, 2.75) is 46.3 Å². The first kappa shape index (κ1) is 20.4. The van der Waals surface area contributed by atoms with Crippen LogP contribution in [0.4, 0.5) is 0 Å². The molecule has 1 heterocycles. The van der Waals surface area contributed by atoms with Crippen LogP contribution in [0.15, 0.2) is 24.3 Å². The highest BCUT2D eigenvalue weighted by Crippen LogP contribution is 2.29. The fourth-order valence-corrected chi connectivity index (χ4v) is 3.58. The largest absolute Gasteiger partial charge is 0.464 e. The summed E-state index contributed by atoms with van der Waals surface area (Å²) >= 11 is 0. The summed E-state index contributed by atoms with van der Waals surface area (Å²) in [6, 6.07) is 8.58. The first-order chi connectivity index (χ1) is 12.2. The van der Waals surface area contributed by atoms with E-state index in [1.807, 2.05) is 38.1 Å². The second kappa shape index (κ2) is 8.18. The highest BCUT2D eigenvalue weighted by Gasteiger charge is 2.28. The summed E-state index contributed by atoms with van der Waals surface area (Å²) in [7, 11) is 0.134. The number of carbonyl (C=O) groups excluding carboxylic acids is 2. The van der Waals surface area contributed by atoms with E-state index in [-0.39, 0.29) is 24.1 Å². The number of benzene rings is 1. The third-order valence-electron chi connectivity index (χ3n) is 4.34. The molecule has 0 amide bonds. The zero-order valence-corrected chi connectivity index (χ0v) is 17.6. The lowest BCUT2D eigenvalue weighted by Crippen LogP contribution is -2.23. The number of carbonyl (C=O) groups is 2. The van der Waals surface area contributed by atoms with Crippen molar-refractivity contribution in [3.05, 3.63) is 35.5 Å². The van der Waals surface area contributed by atoms with E-state index in [1.165, 1.54) is 7.11 Å². The number of rotatable bonds is 8. The number of hydrogen-bond donors (Lipinski definition) is 0. The van der Waals surface area contributed by atoms with Crippen molar-refractivity contribution in [2.24, 2.45) is 5.92 Å². The maximum absolute atomic E-state index is 12.8. The number of ether oxygens (including phenoxy) is 2. The van der Waals surface area contributed by atoms with Gasteiger partial charge in [0.25, 0.3) is 0 Å². The Morgan fingerprint density at radius 1 is 1.15 bits per heavy atom. The topological polar surface area (TPSA) is 57.5 Å². The van der Waals surface area contributed by atoms with Gasteiger partial charge in [-0.05, 0) is 12.1 Å². The van der Waals surface area contributed by atoms with Gasteiger partial charge in [-0.1, -0.05) is 51.7 Å². The van der Waals surface area contributed by atoms with Crippen LogP contribution in [0.1, 0.15) is 34.7 Å². The molecule has 0 bridgehead atoms. The van der Waals surface area contributed by atoms with Gasteiger partial charge >= 0.3 is 5.97 Å². The van der Waals surface area contributed by atoms with Crippen molar-refractivity contribution >= 4 is 30.7 Å². The van der Waals surface area contributed by atoms with Crippen LogP contribution in [0.3, 0.4) is 0 Å². The molecule has 0 aliphatic carbocycles. The number of fused-ring (bicyclic) bond motifs is 1. The molecule has 0 aliphatic rings. The number of methoxy groups -OCH3 is 1. The van der Waals surface area contributed by atoms with Gasteiger partial charge in [0.15, 0.2) is 5.78 Å². The summed E-state index contributed by atoms with van der Waals surface area (Å²) in [4.78, 5) is 25.3. The summed E-state index contributed by atoms with van der Waals surface area (Å²) in [6.07, 6.45) is 0. The molecule has 2 rings (SSSR count). The summed E-state index contributed by atoms with van der Waals surface area (Å²) in [5.74, 6) is -0.799. The van der Waals surface area contributed by atoms with Crippen LogP contribution in [-0.4, -0.2) is 38.1 Å². The van der Waals surface area contributed by atoms with E-state index in [0.29, 0.717) is 12.2 Å². The molecule has 0 fully saturated rings. The lowest BCUT2D eigenvalue weighted by Gasteiger charge is -2.16. The maximum Gasteiger partial charge on any atom is 0.355 e. The number of Topliss-reactive ketones (excluding diaryl/α,β-unsaturated/α-hetero) is 1. The van der Waals surface area contributed by atoms with Crippen molar-refractivity contribution in [3.8, 4) is 0 Å². The molecule has 2 aromatic rings. The first-order valence-electron chi connectivity index (χ1n) is 8.99. The molecule has 6 heteroatoms. The standard InChI is InChI=1S/C20H29NO4Si/c1-14(2)19(22)17-15-9-7-8-10-16(15)21(18(17)20(23)24-3)13-25-11-12-26(4,5)6/h7-10,14H,11-13H2,1-6H3. The van der Waals surface area contributed by atoms with Gasteiger partial charge in [0.2, 0.25) is 0 Å². The van der Waals surface area contributed by atoms with E-state index in [9.17, 15) is 9.59 Å². The van der Waals surface area contributed by atoms with Crippen molar-refractivity contribution in [3.63, 3.8) is 0 Å². The molecule has 0 atom stereocenters. The summed E-state index contributed by atoms with van der Waals surface area (Å²) < 4.78 is 12.6. The SMILES string of the molecule is COC(=O)c1c(C(=O)C(C)C)c2ccccc2n1COCC[Si](C)(C)C. The molecule has 0 radical (unpaired) electrons. The molecular formula is C20H29NO4Si. The quantitative estimate of drug-likeness (QED) is 0.293. The molecule has 1 aromatic heterocycles. The number of ketones is 1. The number of para-hydroxylation sites is 1. The van der Waals surface area contributed by atoms with E-state index in [1.54, 1.807) is 4.57 Å². The van der Waals surface area contributed by atoms with Crippen LogP contribution >= 0.6 is 0 Å². The summed E-state index contributed by atoms with van der Waals surface area (Å²) in [5, 5.41) is 0.764. The Labute approximate surface area is 156 Å². The molecule has 26 heavy (non-hydrogen) atoms. The Bertz CT molecular complexity index is 802. The fourth-order valence-electron chi connectivity index (χ4n) is 2.82. The maximum atomic E-state index is 12.8. The molecular weight excluding hydrogens is 346 g/mol. The third-order valence-corrected chi connectivity index (χ3v) is 6.04. The third kappa shape index (κ3) is 4.43. The van der Waals surface area contributed by atoms with Crippen molar-refractivity contribution in [1.82, 2.24) is 4.57 Å². The van der Waals surface area contributed by atoms with Crippen LogP contribution in [0.5, 0.6) is 0 Å². The fraction of sp³-hybridized carbons (Fsp3) is 0.500. The highest BCUT2D eigenvalue weighted by molar-refractivity contribution is 6.76. The predicted molar refractivity (Wildman–Crippen MR) is 107 cm³/mol. The number of esters is 1. The van der Waals surface area contributed by atoms with E-state index in [0.717, 1.165) is 16.9 Å². The molecule has 5 nitrogen and oxygen atoms in total. The molecule has 1 aromatic carbocycles. The van der Waals surface area contributed by atoms with E-state index in [2.05, 4.69) is 19.6 Å². The Morgan fingerprint density at radius 2 is 1.81 bits per heavy atom. The predicted octanol–water partition coefficient (Wildman–Crippen LogP) is 4.58. The van der Waals surface area contributed by atoms with Gasteiger partial charge < -0.3 is 14.0 Å². The van der Waals surface area contributed by atoms with Crippen LogP contribution < -0.4 is 0 Å². The minimum atomic E-state index is -1.20. The van der Waals surface area contributed by atoms with E-state index in [4.69, 9.17) is 9.47 Å². The van der Waals surface area contributed by atoms with Crippen LogP contribution in [0, 0.1) is 5.92 Å². The number of aromatic nitrogens is 1. The van der Waals surface area contributed by atoms with E-state index >= 15 is 0 Å². The zero-order valence-electron chi connectivity index (χ0n) is 16.6. The molecule has 142 valence electrons. The number of nitrogens with zero attached hydrogens (tertiary/aromatic N) is 1. The summed E-state index contributed by atoms with van der Waals surface area (Å²) in [5.41, 5.74) is 1.52. The van der Waals surface area contributed by atoms with Crippen molar-refractivity contribution in [1.29, 1.82) is 0 Å². The van der Waals surface area contributed by atoms with Gasteiger partial charge in [0.05, 0.1) is 18.2 Å². The molecule has 0 saturated carbocycles. The van der Waals surface area contributed by atoms with Crippen LogP contribution in [0.25, 0.3) is 10.9 Å². The molecule has 0 spiro atoms. The van der Waals surface area contributed by atoms with Gasteiger partial charge in [-0.15, -0.1) is 0 Å². The van der Waals surface area contributed by atoms with Crippen LogP contribution in [-0.2, 0) is 16.2 Å². The average molecular weight is 376 g/mol. The lowest BCUT2D eigenvalue weighted by atomic mass is 9.98. The first-order valence-corrected chi connectivity index (χ1v) is 12.7. The Balaban J connectivity index is 2.50. The normalized spacial score (nSPS) is 12.0. The minimum Gasteiger partial charge on any atom is -0.464 e. The highest BCUT2D eigenvalue weighted by atomic mass is 28.3. The second-order valence-electron chi connectivity index (χ2n) is 8.03. The molecule has 0 saturated heterocycles. The van der Waals surface area contributed by atoms with Crippen LogP contribution in [0.2, 0.25) is 25.7 Å². The smallest absolute Gasteiger partial charge is 0.355 e. The monoisotopic (exact) mass is 375 g/mol. The number of hydrogen-bond acceptors (Lipinski definition) is 4. The van der Waals surface area contributed by atoms with Crippen molar-refractivity contribution in [2.75, 3.05) is 13.7 Å². The van der Waals surface area contributed by atoms with Crippen molar-refractivity contribution < 1.29 is 19.1 Å². The van der Waals surface area contributed by atoms with Gasteiger partial charge in [0, 0.05) is 26.0 Å². The molecule has 0 aliphatic heterocycles. The molecule has 0 N–H and O–H groups in total. The van der Waals surface area contributed by atoms with Gasteiger partial charge in [-0.3, -0.25) is 4.79 Å². The summed E-state index contributed by atoms with van der Waals surface area (Å²) in [6.45, 7) is 11.4. The average Bonchev–Trinajstić information content (AvgIpc) is 2.90. The lowest BCUT2D eigenvalue weighted by molar-refractivity contribution is 0.0541. The van der Waals surface area contributed by atoms with Gasteiger partial charge in [-0.25, -0.2) is 4.79 Å².